The maximum absolute atomic E-state index is 13.0. The van der Waals surface area contributed by atoms with Crippen LogP contribution in [0, 0.1) is 0 Å². The zero-order valence-electron chi connectivity index (χ0n) is 14.5. The molecule has 0 N–H and O–H groups in total. The van der Waals surface area contributed by atoms with Gasteiger partial charge >= 0.3 is 5.97 Å². The van der Waals surface area contributed by atoms with Crippen LogP contribution in [0.4, 0.5) is 0 Å². The Morgan fingerprint density at radius 2 is 2.15 bits per heavy atom. The highest BCUT2D eigenvalue weighted by Gasteiger charge is 2.20. The molecular weight excluding hydrogens is 368 g/mol. The van der Waals surface area contributed by atoms with Crippen LogP contribution in [0.1, 0.15) is 6.92 Å². The molecule has 5 nitrogen and oxygen atoms in total. The molecule has 2 aromatic heterocycles. The largest absolute Gasteiger partial charge is 0.468 e. The van der Waals surface area contributed by atoms with Crippen LogP contribution in [0.15, 0.2) is 59.0 Å². The van der Waals surface area contributed by atoms with E-state index in [0.29, 0.717) is 21.9 Å². The van der Waals surface area contributed by atoms with Crippen LogP contribution >= 0.6 is 23.1 Å². The first-order valence-corrected chi connectivity index (χ1v) is 9.70. The minimum absolute atomic E-state index is 0.132. The molecule has 1 atom stereocenters. The van der Waals surface area contributed by atoms with Gasteiger partial charge in [0.15, 0.2) is 5.16 Å². The summed E-state index contributed by atoms with van der Waals surface area (Å²) >= 11 is 2.68. The molecule has 7 heteroatoms. The fourth-order valence-electron chi connectivity index (χ4n) is 2.49. The first-order chi connectivity index (χ1) is 12.5. The van der Waals surface area contributed by atoms with Crippen molar-refractivity contribution < 1.29 is 9.53 Å². The molecule has 0 amide bonds. The monoisotopic (exact) mass is 386 g/mol. The van der Waals surface area contributed by atoms with E-state index in [0.717, 1.165) is 10.4 Å². The molecule has 0 aliphatic rings. The molecule has 3 aromatic rings. The first-order valence-electron chi connectivity index (χ1n) is 8.00. The van der Waals surface area contributed by atoms with Gasteiger partial charge in [-0.25, -0.2) is 4.98 Å². The molecule has 3 rings (SSSR count). The Morgan fingerprint density at radius 3 is 2.81 bits per heavy atom. The third-order valence-corrected chi connectivity index (χ3v) is 5.95. The van der Waals surface area contributed by atoms with Gasteiger partial charge in [-0.05, 0) is 18.6 Å². The average Bonchev–Trinajstić information content (AvgIpc) is 3.09. The predicted octanol–water partition coefficient (Wildman–Crippen LogP) is 3.96. The number of methoxy groups -OCH3 is 1. The van der Waals surface area contributed by atoms with Crippen LogP contribution in [-0.4, -0.2) is 27.9 Å². The van der Waals surface area contributed by atoms with Gasteiger partial charge in [-0.1, -0.05) is 48.2 Å². The van der Waals surface area contributed by atoms with E-state index in [-0.39, 0.29) is 11.5 Å². The lowest BCUT2D eigenvalue weighted by atomic mass is 10.2. The summed E-state index contributed by atoms with van der Waals surface area (Å²) < 4.78 is 6.31. The van der Waals surface area contributed by atoms with Gasteiger partial charge in [0.1, 0.15) is 10.1 Å². The second-order valence-corrected chi connectivity index (χ2v) is 7.92. The minimum atomic E-state index is -0.464. The lowest BCUT2D eigenvalue weighted by Crippen LogP contribution is -2.24. The summed E-state index contributed by atoms with van der Waals surface area (Å²) in [5.74, 6) is -0.356. The molecule has 0 bridgehead atoms. The van der Waals surface area contributed by atoms with E-state index in [4.69, 9.17) is 4.74 Å². The van der Waals surface area contributed by atoms with Crippen molar-refractivity contribution in [1.29, 1.82) is 0 Å². The number of thioether (sulfide) groups is 1. The maximum atomic E-state index is 13.0. The van der Waals surface area contributed by atoms with E-state index >= 15 is 0 Å². The molecule has 1 aromatic carbocycles. The lowest BCUT2D eigenvalue weighted by molar-refractivity contribution is -0.139. The standard InChI is InChI=1S/C19H18N2O3S2/c1-4-10-21-17(22)14-11-15(13-8-6-5-7-9-13)26-16(14)20-19(21)25-12(2)18(23)24-3/h4-9,11-12H,1,10H2,2-3H3. The minimum Gasteiger partial charge on any atom is -0.468 e. The van der Waals surface area contributed by atoms with Crippen LogP contribution in [0.3, 0.4) is 0 Å². The molecule has 26 heavy (non-hydrogen) atoms. The van der Waals surface area contributed by atoms with Crippen molar-refractivity contribution in [2.45, 2.75) is 23.9 Å². The number of thiophene rings is 1. The number of ether oxygens (including phenoxy) is 1. The maximum Gasteiger partial charge on any atom is 0.318 e. The molecule has 134 valence electrons. The second-order valence-electron chi connectivity index (χ2n) is 5.58. The molecule has 0 aliphatic carbocycles. The molecule has 0 saturated carbocycles. The second kappa shape index (κ2) is 7.88. The van der Waals surface area contributed by atoms with E-state index in [1.165, 1.54) is 30.2 Å². The normalized spacial score (nSPS) is 12.1. The summed E-state index contributed by atoms with van der Waals surface area (Å²) in [4.78, 5) is 31.0. The highest BCUT2D eigenvalue weighted by Crippen LogP contribution is 2.32. The van der Waals surface area contributed by atoms with E-state index in [1.54, 1.807) is 17.6 Å². The molecule has 0 spiro atoms. The first kappa shape index (κ1) is 18.4. The highest BCUT2D eigenvalue weighted by atomic mass is 32.2. The van der Waals surface area contributed by atoms with Gasteiger partial charge in [-0.3, -0.25) is 14.2 Å². The van der Waals surface area contributed by atoms with E-state index in [9.17, 15) is 9.59 Å². The molecule has 0 saturated heterocycles. The summed E-state index contributed by atoms with van der Waals surface area (Å²) in [6, 6.07) is 11.8. The third-order valence-electron chi connectivity index (χ3n) is 3.80. The quantitative estimate of drug-likeness (QED) is 0.278. The number of carbonyl (C=O) groups excluding carboxylic acids is 1. The van der Waals surface area contributed by atoms with Crippen molar-refractivity contribution in [3.8, 4) is 10.4 Å². The summed E-state index contributed by atoms with van der Waals surface area (Å²) in [5, 5.41) is 0.599. The highest BCUT2D eigenvalue weighted by molar-refractivity contribution is 8.00. The zero-order chi connectivity index (χ0) is 18.7. The van der Waals surface area contributed by atoms with E-state index in [1.807, 2.05) is 36.4 Å². The predicted molar refractivity (Wildman–Crippen MR) is 107 cm³/mol. The van der Waals surface area contributed by atoms with E-state index in [2.05, 4.69) is 11.6 Å². The molecule has 1 unspecified atom stereocenters. The van der Waals surface area contributed by atoms with Gasteiger partial charge < -0.3 is 4.74 Å². The Labute approximate surface area is 159 Å². The van der Waals surface area contributed by atoms with Gasteiger partial charge in [0.2, 0.25) is 0 Å². The Bertz CT molecular complexity index is 1010. The van der Waals surface area contributed by atoms with Crippen LogP contribution in [0.5, 0.6) is 0 Å². The number of hydrogen-bond acceptors (Lipinski definition) is 6. The van der Waals surface area contributed by atoms with Crippen molar-refractivity contribution in [3.63, 3.8) is 0 Å². The Morgan fingerprint density at radius 1 is 1.42 bits per heavy atom. The number of rotatable bonds is 6. The number of benzene rings is 1. The number of esters is 1. The number of fused-ring (bicyclic) bond motifs is 1. The van der Waals surface area contributed by atoms with Gasteiger partial charge in [-0.15, -0.1) is 17.9 Å². The number of aromatic nitrogens is 2. The Balaban J connectivity index is 2.12. The third kappa shape index (κ3) is 3.59. The topological polar surface area (TPSA) is 61.2 Å². The lowest BCUT2D eigenvalue weighted by Gasteiger charge is -2.13. The number of hydrogen-bond donors (Lipinski definition) is 0. The molecule has 0 aliphatic heterocycles. The van der Waals surface area contributed by atoms with Gasteiger partial charge in [-0.2, -0.15) is 0 Å². The zero-order valence-corrected chi connectivity index (χ0v) is 16.1. The van der Waals surface area contributed by atoms with Crippen molar-refractivity contribution >= 4 is 39.3 Å². The summed E-state index contributed by atoms with van der Waals surface area (Å²) in [7, 11) is 1.35. The Hall–Kier alpha value is -2.38. The smallest absolute Gasteiger partial charge is 0.318 e. The number of carbonyl (C=O) groups is 1. The van der Waals surface area contributed by atoms with Crippen molar-refractivity contribution in [1.82, 2.24) is 9.55 Å². The van der Waals surface area contributed by atoms with Gasteiger partial charge in [0.25, 0.3) is 5.56 Å². The summed E-state index contributed by atoms with van der Waals surface area (Å²) in [6.07, 6.45) is 1.65. The summed E-state index contributed by atoms with van der Waals surface area (Å²) in [5.41, 5.74) is 0.912. The summed E-state index contributed by atoms with van der Waals surface area (Å²) in [6.45, 7) is 5.77. The van der Waals surface area contributed by atoms with Crippen LogP contribution in [0.2, 0.25) is 0 Å². The SMILES string of the molecule is C=CCn1c(SC(C)C(=O)OC)nc2sc(-c3ccccc3)cc2c1=O. The average molecular weight is 386 g/mol. The van der Waals surface area contributed by atoms with Gasteiger partial charge in [0, 0.05) is 11.4 Å². The number of allylic oxidation sites excluding steroid dienone is 1. The van der Waals surface area contributed by atoms with Gasteiger partial charge in [0.05, 0.1) is 12.5 Å². The number of nitrogens with zero attached hydrogens (tertiary/aromatic N) is 2. The van der Waals surface area contributed by atoms with Crippen molar-refractivity contribution in [3.05, 3.63) is 59.4 Å². The van der Waals surface area contributed by atoms with Crippen LogP contribution < -0.4 is 5.56 Å². The fourth-order valence-corrected chi connectivity index (χ4v) is 4.52. The van der Waals surface area contributed by atoms with Crippen LogP contribution in [-0.2, 0) is 16.1 Å². The molecular formula is C19H18N2O3S2. The van der Waals surface area contributed by atoms with Crippen molar-refractivity contribution in [2.24, 2.45) is 0 Å². The molecule has 0 radical (unpaired) electrons. The van der Waals surface area contributed by atoms with Crippen LogP contribution in [0.25, 0.3) is 20.7 Å². The fraction of sp³-hybridized carbons (Fsp3) is 0.211. The molecule has 0 fully saturated rings. The Kier molecular flexibility index (Phi) is 5.58. The van der Waals surface area contributed by atoms with Crippen molar-refractivity contribution in [2.75, 3.05) is 7.11 Å². The molecule has 2 heterocycles. The van der Waals surface area contributed by atoms with E-state index < -0.39 is 5.25 Å².